The third kappa shape index (κ3) is 4.07. The molecule has 0 aliphatic carbocycles. The van der Waals surface area contributed by atoms with Gasteiger partial charge in [-0.1, -0.05) is 0 Å². The molecule has 3 N–H and O–H groups in total. The van der Waals surface area contributed by atoms with E-state index >= 15 is 0 Å². The average molecular weight is 127 g/mol. The molecule has 0 fully saturated rings. The Kier molecular flexibility index (Phi) is 3.31. The van der Waals surface area contributed by atoms with Gasteiger partial charge in [-0.25, -0.2) is 0 Å². The first-order valence-electron chi connectivity index (χ1n) is 1.08. The maximum Gasteiger partial charge on any atom is 0.324 e. The summed E-state index contributed by atoms with van der Waals surface area (Å²) in [7, 11) is 0. The van der Waals surface area contributed by atoms with Gasteiger partial charge in [0.25, 0.3) is 0 Å². The molecule has 0 radical (unpaired) electrons. The Hall–Kier alpha value is 0.0700. The Morgan fingerprint density at radius 2 is 2.50 bits per heavy atom. The summed E-state index contributed by atoms with van der Waals surface area (Å²) in [5.74, 6) is 0. The highest BCUT2D eigenvalue weighted by Crippen LogP contribution is 1.80. The summed E-state index contributed by atoms with van der Waals surface area (Å²) in [6.45, 7) is 0. The van der Waals surface area contributed by atoms with Crippen LogP contribution in [0.2, 0.25) is 0 Å². The SMILES string of the molecule is NSNC(=O)Cl. The minimum Gasteiger partial charge on any atom is -0.273 e. The molecule has 0 spiro atoms. The van der Waals surface area contributed by atoms with Gasteiger partial charge in [-0.15, -0.1) is 0 Å². The molecule has 0 aromatic rings. The van der Waals surface area contributed by atoms with E-state index < -0.39 is 5.37 Å². The second-order valence-corrected chi connectivity index (χ2v) is 1.28. The lowest BCUT2D eigenvalue weighted by Gasteiger charge is -1.84. The summed E-state index contributed by atoms with van der Waals surface area (Å²) in [6, 6.07) is 0. The summed E-state index contributed by atoms with van der Waals surface area (Å²) < 4.78 is 2.03. The van der Waals surface area contributed by atoms with Gasteiger partial charge in [0.2, 0.25) is 0 Å². The van der Waals surface area contributed by atoms with Gasteiger partial charge in [0.15, 0.2) is 0 Å². The number of rotatable bonds is 1. The second kappa shape index (κ2) is 3.27. The molecule has 0 heterocycles. The monoisotopic (exact) mass is 126 g/mol. The van der Waals surface area contributed by atoms with Crippen molar-refractivity contribution >= 4 is 29.1 Å². The van der Waals surface area contributed by atoms with Crippen LogP contribution >= 0.6 is 23.7 Å². The molecule has 6 heavy (non-hydrogen) atoms. The van der Waals surface area contributed by atoms with E-state index in [1.807, 2.05) is 4.72 Å². The Morgan fingerprint density at radius 1 is 2.00 bits per heavy atom. The maximum atomic E-state index is 9.60. The molecule has 0 rings (SSSR count). The zero-order valence-electron chi connectivity index (χ0n) is 2.77. The predicted molar refractivity (Wildman–Crippen MR) is 26.2 cm³/mol. The molecule has 0 atom stereocenters. The summed E-state index contributed by atoms with van der Waals surface area (Å²) in [6.07, 6.45) is 0. The number of hydrogen-bond donors (Lipinski definition) is 2. The van der Waals surface area contributed by atoms with Crippen molar-refractivity contribution in [1.29, 1.82) is 0 Å². The Bertz CT molecular complexity index is 57.5. The van der Waals surface area contributed by atoms with E-state index in [4.69, 9.17) is 16.7 Å². The normalized spacial score (nSPS) is 7.67. The zero-order valence-corrected chi connectivity index (χ0v) is 4.34. The highest BCUT2D eigenvalue weighted by molar-refractivity contribution is 7.95. The van der Waals surface area contributed by atoms with Crippen molar-refractivity contribution in [3.63, 3.8) is 0 Å². The number of halogens is 1. The number of nitrogens with one attached hydrogen (secondary N) is 1. The lowest BCUT2D eigenvalue weighted by molar-refractivity contribution is 0.264. The summed E-state index contributed by atoms with van der Waals surface area (Å²) >= 11 is 5.41. The van der Waals surface area contributed by atoms with Gasteiger partial charge in [0, 0.05) is 12.1 Å². The molecule has 0 aromatic carbocycles. The van der Waals surface area contributed by atoms with E-state index in [2.05, 4.69) is 0 Å². The minimum absolute atomic E-state index is 0.650. The summed E-state index contributed by atoms with van der Waals surface area (Å²) in [5.41, 5.74) is 0. The molecule has 0 saturated heterocycles. The molecule has 0 aliphatic rings. The van der Waals surface area contributed by atoms with Crippen LogP contribution in [0.25, 0.3) is 0 Å². The van der Waals surface area contributed by atoms with Crippen LogP contribution in [-0.2, 0) is 0 Å². The van der Waals surface area contributed by atoms with Crippen molar-refractivity contribution < 1.29 is 4.79 Å². The molecule has 3 nitrogen and oxygen atoms in total. The first-order valence-corrected chi connectivity index (χ1v) is 2.34. The standard InChI is InChI=1S/CH3ClN2OS/c2-1(5)4-6-3/h3H2,(H,4,5). The van der Waals surface area contributed by atoms with Crippen LogP contribution < -0.4 is 9.86 Å². The molecular weight excluding hydrogens is 124 g/mol. The van der Waals surface area contributed by atoms with Crippen molar-refractivity contribution in [1.82, 2.24) is 4.72 Å². The third-order valence-corrected chi connectivity index (χ3v) is 0.649. The number of carbonyl (C=O) groups is 1. The van der Waals surface area contributed by atoms with Gasteiger partial charge in [0.05, 0.1) is 0 Å². The van der Waals surface area contributed by atoms with E-state index in [1.165, 1.54) is 0 Å². The first-order chi connectivity index (χ1) is 2.77. The number of hydrogen-bond acceptors (Lipinski definition) is 3. The molecule has 0 aliphatic heterocycles. The molecule has 0 aromatic heterocycles. The van der Waals surface area contributed by atoms with Gasteiger partial charge < -0.3 is 0 Å². The van der Waals surface area contributed by atoms with Crippen LogP contribution in [0, 0.1) is 0 Å². The predicted octanol–water partition coefficient (Wildman–Crippen LogP) is 0.457. The first kappa shape index (κ1) is 6.07. The van der Waals surface area contributed by atoms with Crippen molar-refractivity contribution in [2.24, 2.45) is 5.14 Å². The Morgan fingerprint density at radius 3 is 2.50 bits per heavy atom. The highest BCUT2D eigenvalue weighted by Gasteiger charge is 1.84. The maximum absolute atomic E-state index is 9.60. The van der Waals surface area contributed by atoms with Crippen molar-refractivity contribution in [3.8, 4) is 0 Å². The largest absolute Gasteiger partial charge is 0.324 e. The smallest absolute Gasteiger partial charge is 0.273 e. The van der Waals surface area contributed by atoms with Gasteiger partial charge in [-0.2, -0.15) is 0 Å². The molecule has 5 heteroatoms. The average Bonchev–Trinajstić information content (AvgIpc) is 1.35. The van der Waals surface area contributed by atoms with E-state index in [0.29, 0.717) is 12.1 Å². The van der Waals surface area contributed by atoms with Crippen molar-refractivity contribution in [2.45, 2.75) is 0 Å². The third-order valence-electron chi connectivity index (χ3n) is 0.139. The van der Waals surface area contributed by atoms with Crippen LogP contribution in [0.1, 0.15) is 0 Å². The zero-order chi connectivity index (χ0) is 4.99. The minimum atomic E-state index is -0.650. The fraction of sp³-hybridized carbons (Fsp3) is 0. The lowest BCUT2D eigenvalue weighted by Crippen LogP contribution is -2.08. The fourth-order valence-electron chi connectivity index (χ4n) is 0.0463. The highest BCUT2D eigenvalue weighted by atomic mass is 35.5. The van der Waals surface area contributed by atoms with E-state index in [-0.39, 0.29) is 0 Å². The van der Waals surface area contributed by atoms with Crippen LogP contribution in [0.5, 0.6) is 0 Å². The number of nitrogens with two attached hydrogens (primary N) is 1. The van der Waals surface area contributed by atoms with Gasteiger partial charge in [0.1, 0.15) is 0 Å². The number of carbonyl (C=O) groups excluding carboxylic acids is 1. The quantitative estimate of drug-likeness (QED) is 0.305. The van der Waals surface area contributed by atoms with Gasteiger partial charge >= 0.3 is 5.37 Å². The lowest BCUT2D eigenvalue weighted by atomic mass is 11.5. The van der Waals surface area contributed by atoms with Crippen LogP contribution in [0.3, 0.4) is 0 Å². The molecule has 1 amide bonds. The van der Waals surface area contributed by atoms with Crippen molar-refractivity contribution in [2.75, 3.05) is 0 Å². The topological polar surface area (TPSA) is 55.1 Å². The van der Waals surface area contributed by atoms with Crippen LogP contribution in [0.15, 0.2) is 0 Å². The van der Waals surface area contributed by atoms with Gasteiger partial charge in [-0.3, -0.25) is 14.7 Å². The second-order valence-electron chi connectivity index (χ2n) is 0.494. The van der Waals surface area contributed by atoms with E-state index in [1.54, 1.807) is 0 Å². The van der Waals surface area contributed by atoms with Crippen LogP contribution in [-0.4, -0.2) is 5.37 Å². The molecule has 0 unspecified atom stereocenters. The van der Waals surface area contributed by atoms with E-state index in [0.717, 1.165) is 0 Å². The number of amides is 1. The van der Waals surface area contributed by atoms with E-state index in [9.17, 15) is 4.79 Å². The summed E-state index contributed by atoms with van der Waals surface area (Å²) in [4.78, 5) is 9.60. The Labute approximate surface area is 44.5 Å². The van der Waals surface area contributed by atoms with Gasteiger partial charge in [-0.05, 0) is 11.6 Å². The summed E-state index contributed by atoms with van der Waals surface area (Å²) in [5, 5.41) is 4.08. The van der Waals surface area contributed by atoms with Crippen LogP contribution in [0.4, 0.5) is 4.79 Å². The van der Waals surface area contributed by atoms with Crippen molar-refractivity contribution in [3.05, 3.63) is 0 Å². The Balaban J connectivity index is 2.83. The molecular formula is CH3ClN2OS. The molecule has 0 saturated carbocycles. The fourth-order valence-corrected chi connectivity index (χ4v) is 0.273. The molecule has 36 valence electrons. The molecule has 0 bridgehead atoms.